The highest BCUT2D eigenvalue weighted by Gasteiger charge is 2.26. The summed E-state index contributed by atoms with van der Waals surface area (Å²) >= 11 is 6.02. The second-order valence-electron chi connectivity index (χ2n) is 5.41. The highest BCUT2D eigenvalue weighted by molar-refractivity contribution is 7.89. The lowest BCUT2D eigenvalue weighted by Gasteiger charge is -2.17. The van der Waals surface area contributed by atoms with Gasteiger partial charge in [0, 0.05) is 12.2 Å². The van der Waals surface area contributed by atoms with E-state index in [1.54, 1.807) is 24.4 Å². The smallest absolute Gasteiger partial charge is 0.260 e. The maximum absolute atomic E-state index is 12.6. The van der Waals surface area contributed by atoms with Crippen LogP contribution >= 0.6 is 11.6 Å². The molecule has 2 heterocycles. The predicted molar refractivity (Wildman–Crippen MR) is 84.1 cm³/mol. The van der Waals surface area contributed by atoms with E-state index in [4.69, 9.17) is 11.6 Å². The third-order valence-electron chi connectivity index (χ3n) is 3.51. The Labute approximate surface area is 130 Å². The van der Waals surface area contributed by atoms with Crippen molar-refractivity contribution in [3.8, 4) is 0 Å². The molecule has 0 aromatic carbocycles. The third kappa shape index (κ3) is 3.56. The summed E-state index contributed by atoms with van der Waals surface area (Å²) in [5, 5.41) is -0.0137. The second-order valence-corrected chi connectivity index (χ2v) is 7.40. The number of hydrogen-bond donors (Lipinski definition) is 1. The summed E-state index contributed by atoms with van der Waals surface area (Å²) in [5.41, 5.74) is 0.512. The molecule has 0 aliphatic heterocycles. The molecule has 2 unspecified atom stereocenters. The molecule has 116 valence electrons. The fourth-order valence-corrected chi connectivity index (χ4v) is 4.22. The summed E-state index contributed by atoms with van der Waals surface area (Å²) in [6, 6.07) is 5.09. The maximum atomic E-state index is 12.6. The van der Waals surface area contributed by atoms with Crippen molar-refractivity contribution < 1.29 is 8.42 Å². The normalized spacial score (nSPS) is 15.2. The molecular formula is C14H20ClN3O2S. The number of imidazole rings is 1. The van der Waals surface area contributed by atoms with Crippen LogP contribution in [-0.2, 0) is 10.0 Å². The second kappa shape index (κ2) is 6.34. The van der Waals surface area contributed by atoms with Crippen molar-refractivity contribution in [3.05, 3.63) is 29.5 Å². The van der Waals surface area contributed by atoms with Gasteiger partial charge in [-0.05, 0) is 31.4 Å². The first-order valence-electron chi connectivity index (χ1n) is 7.00. The van der Waals surface area contributed by atoms with Gasteiger partial charge < -0.3 is 0 Å². The number of aromatic nitrogens is 2. The van der Waals surface area contributed by atoms with Crippen LogP contribution in [0.5, 0.6) is 0 Å². The summed E-state index contributed by atoms with van der Waals surface area (Å²) in [5.74, 6) is 0.459. The molecule has 5 nitrogen and oxygen atoms in total. The van der Waals surface area contributed by atoms with E-state index in [9.17, 15) is 8.42 Å². The molecule has 0 spiro atoms. The van der Waals surface area contributed by atoms with Crippen LogP contribution in [0.4, 0.5) is 0 Å². The van der Waals surface area contributed by atoms with E-state index in [-0.39, 0.29) is 16.2 Å². The van der Waals surface area contributed by atoms with Gasteiger partial charge in [0.25, 0.3) is 10.0 Å². The van der Waals surface area contributed by atoms with E-state index < -0.39 is 10.0 Å². The van der Waals surface area contributed by atoms with Gasteiger partial charge in [0.1, 0.15) is 5.65 Å². The molecule has 0 aliphatic rings. The number of fused-ring (bicyclic) bond motifs is 1. The van der Waals surface area contributed by atoms with Crippen molar-refractivity contribution in [2.24, 2.45) is 5.92 Å². The van der Waals surface area contributed by atoms with E-state index in [2.05, 4.69) is 23.6 Å². The van der Waals surface area contributed by atoms with Crippen LogP contribution in [0, 0.1) is 5.92 Å². The van der Waals surface area contributed by atoms with Crippen LogP contribution in [0.1, 0.15) is 33.6 Å². The number of hydrogen-bond acceptors (Lipinski definition) is 3. The first-order chi connectivity index (χ1) is 9.85. The van der Waals surface area contributed by atoms with Gasteiger partial charge in [-0.3, -0.25) is 4.40 Å². The number of sulfonamides is 1. The zero-order valence-corrected chi connectivity index (χ0v) is 13.9. The minimum Gasteiger partial charge on any atom is -0.288 e. The molecule has 2 atom stereocenters. The number of nitrogens with zero attached hydrogens (tertiary/aromatic N) is 2. The number of pyridine rings is 1. The molecule has 0 radical (unpaired) electrons. The summed E-state index contributed by atoms with van der Waals surface area (Å²) in [6.07, 6.45) is 3.44. The molecule has 2 aromatic rings. The van der Waals surface area contributed by atoms with Gasteiger partial charge in [-0.15, -0.1) is 0 Å². The van der Waals surface area contributed by atoms with Gasteiger partial charge in [-0.1, -0.05) is 37.9 Å². The quantitative estimate of drug-likeness (QED) is 0.885. The first kappa shape index (κ1) is 16.3. The fourth-order valence-electron chi connectivity index (χ4n) is 2.32. The number of rotatable bonds is 6. The van der Waals surface area contributed by atoms with Gasteiger partial charge in [-0.25, -0.2) is 18.1 Å². The Bertz CT molecular complexity index is 727. The molecule has 0 fully saturated rings. The van der Waals surface area contributed by atoms with Gasteiger partial charge in [0.15, 0.2) is 10.2 Å². The van der Waals surface area contributed by atoms with Crippen molar-refractivity contribution >= 4 is 27.3 Å². The maximum Gasteiger partial charge on any atom is 0.260 e. The van der Waals surface area contributed by atoms with Crippen LogP contribution in [0.3, 0.4) is 0 Å². The lowest BCUT2D eigenvalue weighted by Crippen LogP contribution is -2.34. The van der Waals surface area contributed by atoms with Gasteiger partial charge in [0.05, 0.1) is 0 Å². The van der Waals surface area contributed by atoms with Crippen LogP contribution in [-0.4, -0.2) is 23.8 Å². The molecule has 7 heteroatoms. The summed E-state index contributed by atoms with van der Waals surface area (Å²) < 4.78 is 29.3. The van der Waals surface area contributed by atoms with Crippen LogP contribution in [0.2, 0.25) is 5.15 Å². The Morgan fingerprint density at radius 1 is 1.38 bits per heavy atom. The minimum absolute atomic E-state index is 0.00392. The van der Waals surface area contributed by atoms with Crippen molar-refractivity contribution in [1.82, 2.24) is 14.1 Å². The predicted octanol–water partition coefficient (Wildman–Crippen LogP) is 3.09. The Kier molecular flexibility index (Phi) is 4.91. The number of nitrogens with one attached hydrogen (secondary N) is 1. The molecule has 2 aromatic heterocycles. The topological polar surface area (TPSA) is 63.5 Å². The van der Waals surface area contributed by atoms with Crippen LogP contribution in [0.25, 0.3) is 5.65 Å². The van der Waals surface area contributed by atoms with E-state index >= 15 is 0 Å². The average Bonchev–Trinajstić information content (AvgIpc) is 2.74. The molecule has 1 N–H and O–H groups in total. The Morgan fingerprint density at radius 2 is 2.10 bits per heavy atom. The molecule has 2 rings (SSSR count). The van der Waals surface area contributed by atoms with Gasteiger partial charge in [-0.2, -0.15) is 0 Å². The van der Waals surface area contributed by atoms with Gasteiger partial charge >= 0.3 is 0 Å². The Balaban J connectivity index is 2.32. The van der Waals surface area contributed by atoms with Crippen molar-refractivity contribution in [3.63, 3.8) is 0 Å². The van der Waals surface area contributed by atoms with Gasteiger partial charge in [0.2, 0.25) is 0 Å². The van der Waals surface area contributed by atoms with Crippen LogP contribution in [0.15, 0.2) is 29.4 Å². The standard InChI is InChI=1S/C14H20ClN3O2S/c1-4-10(2)9-11(3)17-21(19,20)14-13(15)16-12-7-5-6-8-18(12)14/h5-8,10-11,17H,4,9H2,1-3H3. The van der Waals surface area contributed by atoms with E-state index in [0.29, 0.717) is 11.6 Å². The Hall–Kier alpha value is -1.11. The lowest BCUT2D eigenvalue weighted by molar-refractivity contribution is 0.445. The van der Waals surface area contributed by atoms with Crippen molar-refractivity contribution in [2.45, 2.75) is 44.7 Å². The molecule has 0 saturated heterocycles. The summed E-state index contributed by atoms with van der Waals surface area (Å²) in [6.45, 7) is 6.06. The third-order valence-corrected chi connectivity index (χ3v) is 5.50. The van der Waals surface area contributed by atoms with Crippen LogP contribution < -0.4 is 4.72 Å². The summed E-state index contributed by atoms with van der Waals surface area (Å²) in [4.78, 5) is 4.07. The van der Waals surface area contributed by atoms with Crippen molar-refractivity contribution in [1.29, 1.82) is 0 Å². The minimum atomic E-state index is -3.71. The van der Waals surface area contributed by atoms with Crippen molar-refractivity contribution in [2.75, 3.05) is 0 Å². The average molecular weight is 330 g/mol. The Morgan fingerprint density at radius 3 is 2.76 bits per heavy atom. The molecule has 0 saturated carbocycles. The van der Waals surface area contributed by atoms with E-state index in [0.717, 1.165) is 12.8 Å². The molecule has 21 heavy (non-hydrogen) atoms. The first-order valence-corrected chi connectivity index (χ1v) is 8.86. The monoisotopic (exact) mass is 329 g/mol. The fraction of sp³-hybridized carbons (Fsp3) is 0.500. The number of halogens is 1. The zero-order chi connectivity index (χ0) is 15.6. The summed E-state index contributed by atoms with van der Waals surface area (Å²) in [7, 11) is -3.71. The molecule has 0 amide bonds. The van der Waals surface area contributed by atoms with E-state index in [1.165, 1.54) is 4.40 Å². The SMILES string of the molecule is CCC(C)CC(C)NS(=O)(=O)c1c(Cl)nc2ccccn12. The molecule has 0 bridgehead atoms. The lowest BCUT2D eigenvalue weighted by atomic mass is 10.0. The van der Waals surface area contributed by atoms with E-state index in [1.807, 2.05) is 6.92 Å². The highest BCUT2D eigenvalue weighted by Crippen LogP contribution is 2.23. The molecule has 0 aliphatic carbocycles. The largest absolute Gasteiger partial charge is 0.288 e. The zero-order valence-electron chi connectivity index (χ0n) is 12.4. The highest BCUT2D eigenvalue weighted by atomic mass is 35.5. The molecular weight excluding hydrogens is 310 g/mol.